The Morgan fingerprint density at radius 1 is 1.36 bits per heavy atom. The summed E-state index contributed by atoms with van der Waals surface area (Å²) < 4.78 is 0. The van der Waals surface area contributed by atoms with E-state index in [0.717, 1.165) is 5.56 Å². The van der Waals surface area contributed by atoms with Crippen molar-refractivity contribution in [2.75, 3.05) is 0 Å². The minimum absolute atomic E-state index is 0. The van der Waals surface area contributed by atoms with E-state index < -0.39 is 5.97 Å². The molecule has 0 saturated heterocycles. The van der Waals surface area contributed by atoms with E-state index in [1.807, 2.05) is 6.07 Å². The van der Waals surface area contributed by atoms with Crippen LogP contribution >= 0.6 is 0 Å². The predicted molar refractivity (Wildman–Crippen MR) is 48.1 cm³/mol. The Balaban J connectivity index is 0.000001000. The van der Waals surface area contributed by atoms with Crippen molar-refractivity contribution in [1.82, 2.24) is 0 Å². The molecule has 11 heavy (non-hydrogen) atoms. The molecule has 0 unspecified atom stereocenters. The molecule has 1 aromatic rings. The van der Waals surface area contributed by atoms with Gasteiger partial charge in [0.05, 0.1) is 5.56 Å². The summed E-state index contributed by atoms with van der Waals surface area (Å²) in [6, 6.07) is 6.92. The zero-order valence-electron chi connectivity index (χ0n) is 5.66. The molecule has 0 amide bonds. The van der Waals surface area contributed by atoms with Crippen LogP contribution in [0.4, 0.5) is 0 Å². The molecule has 1 rings (SSSR count). The summed E-state index contributed by atoms with van der Waals surface area (Å²) in [7, 11) is 0. The summed E-state index contributed by atoms with van der Waals surface area (Å²) in [4.78, 5) is 10.4. The monoisotopic (exact) mass is 254 g/mol. The van der Waals surface area contributed by atoms with E-state index in [4.69, 9.17) is 5.11 Å². The molecule has 0 aromatic heterocycles. The molecule has 0 heterocycles. The molecule has 0 bridgehead atoms. The van der Waals surface area contributed by atoms with Gasteiger partial charge in [-0.2, -0.15) is 0 Å². The number of rotatable bonds is 1. The normalized spacial score (nSPS) is 8.45. The number of aromatic carboxylic acids is 1. The molecule has 0 spiro atoms. The van der Waals surface area contributed by atoms with Crippen LogP contribution in [0.5, 0.6) is 0 Å². The van der Waals surface area contributed by atoms with Gasteiger partial charge in [-0.15, -0.1) is 0 Å². The van der Waals surface area contributed by atoms with Gasteiger partial charge in [0.25, 0.3) is 0 Å². The first kappa shape index (κ1) is 10.6. The molecule has 1 N–H and O–H groups in total. The van der Waals surface area contributed by atoms with Gasteiger partial charge in [-0.3, -0.25) is 0 Å². The third kappa shape index (κ3) is 2.58. The Hall–Kier alpha value is -0.440. The van der Waals surface area contributed by atoms with Crippen LogP contribution in [-0.2, 0) is 0 Å². The molecule has 0 radical (unpaired) electrons. The zero-order valence-corrected chi connectivity index (χ0v) is 5.66. The Labute approximate surface area is 84.0 Å². The average molecular weight is 254 g/mol. The van der Waals surface area contributed by atoms with E-state index in [2.05, 4.69) is 0 Å². The Morgan fingerprint density at radius 2 is 1.91 bits per heavy atom. The van der Waals surface area contributed by atoms with Crippen LogP contribution in [-0.4, -0.2) is 36.9 Å². The number of benzene rings is 1. The van der Waals surface area contributed by atoms with Gasteiger partial charge in [0.15, 0.2) is 0 Å². The second kappa shape index (κ2) is 4.44. The van der Waals surface area contributed by atoms with E-state index >= 15 is 0 Å². The van der Waals surface area contributed by atoms with Gasteiger partial charge in [0.1, 0.15) is 0 Å². The molecule has 0 saturated carbocycles. The van der Waals surface area contributed by atoms with Crippen LogP contribution in [0, 0.1) is 6.92 Å². The number of carboxylic acids is 1. The van der Waals surface area contributed by atoms with Crippen molar-refractivity contribution in [3.05, 3.63) is 35.4 Å². The second-order valence-electron chi connectivity index (χ2n) is 2.12. The van der Waals surface area contributed by atoms with Crippen LogP contribution in [0.1, 0.15) is 15.9 Å². The quantitative estimate of drug-likeness (QED) is 0.792. The molecule has 2 nitrogen and oxygen atoms in total. The summed E-state index contributed by atoms with van der Waals surface area (Å²) >= 11 is 0. The molecule has 58 valence electrons. The van der Waals surface area contributed by atoms with E-state index in [1.165, 1.54) is 0 Å². The summed E-state index contributed by atoms with van der Waals surface area (Å²) in [5, 5.41) is 8.57. The molecule has 0 aliphatic rings. The molecule has 0 aliphatic carbocycles. The van der Waals surface area contributed by atoms with Gasteiger partial charge in [-0.25, -0.2) is 4.79 Å². The van der Waals surface area contributed by atoms with Crippen molar-refractivity contribution in [2.45, 2.75) is 6.92 Å². The minimum atomic E-state index is -0.863. The van der Waals surface area contributed by atoms with Crippen LogP contribution in [0.3, 0.4) is 0 Å². The van der Waals surface area contributed by atoms with Crippen molar-refractivity contribution >= 4 is 31.8 Å². The van der Waals surface area contributed by atoms with Crippen molar-refractivity contribution in [3.8, 4) is 0 Å². The first-order valence-electron chi connectivity index (χ1n) is 3.01. The van der Waals surface area contributed by atoms with E-state index in [1.54, 1.807) is 25.1 Å². The Kier molecular flexibility index (Phi) is 4.26. The summed E-state index contributed by atoms with van der Waals surface area (Å²) in [6.07, 6.45) is 0. The zero-order chi connectivity index (χ0) is 7.56. The van der Waals surface area contributed by atoms with Crippen LogP contribution in [0.15, 0.2) is 24.3 Å². The van der Waals surface area contributed by atoms with Gasteiger partial charge >= 0.3 is 31.8 Å². The SMILES string of the molecule is Cc1ccccc1C(=O)O.[InH3]. The van der Waals surface area contributed by atoms with Gasteiger partial charge in [-0.05, 0) is 18.6 Å². The van der Waals surface area contributed by atoms with Crippen molar-refractivity contribution in [1.29, 1.82) is 0 Å². The van der Waals surface area contributed by atoms with Crippen LogP contribution < -0.4 is 0 Å². The van der Waals surface area contributed by atoms with Gasteiger partial charge in [0, 0.05) is 0 Å². The van der Waals surface area contributed by atoms with Gasteiger partial charge < -0.3 is 5.11 Å². The molecular weight excluding hydrogens is 243 g/mol. The molecule has 0 atom stereocenters. The first-order chi connectivity index (χ1) is 4.72. The molecule has 3 heteroatoms. The molecular formula is C8H11InO2. The number of hydrogen-bond donors (Lipinski definition) is 1. The average Bonchev–Trinajstić information content (AvgIpc) is 1.88. The predicted octanol–water partition coefficient (Wildman–Crippen LogP) is 0.509. The third-order valence-electron chi connectivity index (χ3n) is 1.38. The van der Waals surface area contributed by atoms with Crippen molar-refractivity contribution in [2.24, 2.45) is 0 Å². The van der Waals surface area contributed by atoms with Crippen LogP contribution in [0.25, 0.3) is 0 Å². The number of carbonyl (C=O) groups is 1. The first-order valence-corrected chi connectivity index (χ1v) is 3.01. The fourth-order valence-electron chi connectivity index (χ4n) is 0.813. The maximum atomic E-state index is 10.4. The van der Waals surface area contributed by atoms with Gasteiger partial charge in [-0.1, -0.05) is 18.2 Å². The standard InChI is InChI=1S/C8H8O2.In.3H/c1-6-4-2-3-5-7(6)8(9)10;;;;/h2-5H,1H3,(H,9,10);;;;. The summed E-state index contributed by atoms with van der Waals surface area (Å²) in [5.74, 6) is -0.863. The fraction of sp³-hybridized carbons (Fsp3) is 0.125. The number of hydrogen-bond acceptors (Lipinski definition) is 1. The van der Waals surface area contributed by atoms with Gasteiger partial charge in [0.2, 0.25) is 0 Å². The van der Waals surface area contributed by atoms with Crippen molar-refractivity contribution in [3.63, 3.8) is 0 Å². The van der Waals surface area contributed by atoms with Crippen LogP contribution in [0.2, 0.25) is 0 Å². The molecule has 1 aromatic carbocycles. The summed E-state index contributed by atoms with van der Waals surface area (Å²) in [5.41, 5.74) is 1.18. The number of carboxylic acid groups (broad SMARTS) is 1. The molecule has 0 aliphatic heterocycles. The van der Waals surface area contributed by atoms with Crippen molar-refractivity contribution < 1.29 is 9.90 Å². The topological polar surface area (TPSA) is 37.3 Å². The Morgan fingerprint density at radius 3 is 2.27 bits per heavy atom. The maximum absolute atomic E-state index is 10.4. The fourth-order valence-corrected chi connectivity index (χ4v) is 0.813. The second-order valence-corrected chi connectivity index (χ2v) is 2.12. The third-order valence-corrected chi connectivity index (χ3v) is 1.38. The summed E-state index contributed by atoms with van der Waals surface area (Å²) in [6.45, 7) is 1.78. The molecule has 0 fully saturated rings. The Bertz CT molecular complexity index is 258. The van der Waals surface area contributed by atoms with E-state index in [9.17, 15) is 4.79 Å². The van der Waals surface area contributed by atoms with E-state index in [0.29, 0.717) is 5.56 Å². The number of aryl methyl sites for hydroxylation is 1. The van der Waals surface area contributed by atoms with E-state index in [-0.39, 0.29) is 25.8 Å².